The first kappa shape index (κ1) is 14.0. The summed E-state index contributed by atoms with van der Waals surface area (Å²) in [6.07, 6.45) is 8.07. The van der Waals surface area contributed by atoms with Crippen LogP contribution in [0, 0.1) is 0 Å². The SMILES string of the molecule is CN1CCCCC1c1ncc2cc(N3CCNCC3)ccn12. The predicted molar refractivity (Wildman–Crippen MR) is 89.5 cm³/mol. The van der Waals surface area contributed by atoms with Crippen LogP contribution < -0.4 is 10.2 Å². The van der Waals surface area contributed by atoms with Crippen molar-refractivity contribution in [2.75, 3.05) is 44.7 Å². The van der Waals surface area contributed by atoms with Crippen LogP contribution in [0.15, 0.2) is 24.5 Å². The first-order valence-electron chi connectivity index (χ1n) is 8.46. The Hall–Kier alpha value is -1.59. The predicted octanol–water partition coefficient (Wildman–Crippen LogP) is 1.90. The Bertz CT molecular complexity index is 644. The van der Waals surface area contributed by atoms with E-state index < -0.39 is 0 Å². The van der Waals surface area contributed by atoms with Crippen molar-refractivity contribution in [3.05, 3.63) is 30.4 Å². The first-order chi connectivity index (χ1) is 10.8. The minimum atomic E-state index is 0.460. The molecule has 0 amide bonds. The van der Waals surface area contributed by atoms with Gasteiger partial charge in [-0.3, -0.25) is 4.90 Å². The Balaban J connectivity index is 1.65. The number of fused-ring (bicyclic) bond motifs is 1. The van der Waals surface area contributed by atoms with Crippen LogP contribution in [0.1, 0.15) is 31.1 Å². The molecule has 0 aromatic carbocycles. The zero-order chi connectivity index (χ0) is 14.9. The standard InChI is InChI=1S/C17H25N5/c1-20-8-3-2-4-16(20)17-19-13-15-12-14(5-9-22(15)17)21-10-6-18-7-11-21/h5,9,12-13,16,18H,2-4,6-8,10-11H2,1H3. The van der Waals surface area contributed by atoms with Gasteiger partial charge in [0.25, 0.3) is 0 Å². The second-order valence-corrected chi connectivity index (χ2v) is 6.53. The average molecular weight is 299 g/mol. The molecule has 0 aliphatic carbocycles. The highest BCUT2D eigenvalue weighted by Gasteiger charge is 2.24. The van der Waals surface area contributed by atoms with E-state index in [-0.39, 0.29) is 0 Å². The molecule has 1 atom stereocenters. The van der Waals surface area contributed by atoms with Gasteiger partial charge in [0.15, 0.2) is 0 Å². The molecular weight excluding hydrogens is 274 g/mol. The number of nitrogens with one attached hydrogen (secondary N) is 1. The van der Waals surface area contributed by atoms with Crippen LogP contribution >= 0.6 is 0 Å². The maximum absolute atomic E-state index is 4.75. The molecule has 2 fully saturated rings. The summed E-state index contributed by atoms with van der Waals surface area (Å²) in [7, 11) is 2.22. The van der Waals surface area contributed by atoms with E-state index in [0.717, 1.165) is 26.2 Å². The Morgan fingerprint density at radius 2 is 2.05 bits per heavy atom. The molecule has 0 radical (unpaired) electrons. The second-order valence-electron chi connectivity index (χ2n) is 6.53. The molecule has 2 aliphatic heterocycles. The number of likely N-dealkylation sites (tertiary alicyclic amines) is 1. The lowest BCUT2D eigenvalue weighted by atomic mass is 10.0. The summed E-state index contributed by atoms with van der Waals surface area (Å²) in [5.74, 6) is 1.20. The van der Waals surface area contributed by atoms with Crippen molar-refractivity contribution in [1.29, 1.82) is 0 Å². The van der Waals surface area contributed by atoms with E-state index in [1.165, 1.54) is 42.8 Å². The summed E-state index contributed by atoms with van der Waals surface area (Å²) >= 11 is 0. The van der Waals surface area contributed by atoms with E-state index in [2.05, 4.69) is 44.9 Å². The molecule has 1 N–H and O–H groups in total. The van der Waals surface area contributed by atoms with Gasteiger partial charge in [0.05, 0.1) is 17.8 Å². The Labute approximate surface area is 131 Å². The van der Waals surface area contributed by atoms with Crippen LogP contribution in [-0.4, -0.2) is 54.1 Å². The highest BCUT2D eigenvalue weighted by Crippen LogP contribution is 2.30. The molecule has 2 saturated heterocycles. The van der Waals surface area contributed by atoms with E-state index in [9.17, 15) is 0 Å². The number of imidazole rings is 1. The van der Waals surface area contributed by atoms with Crippen LogP contribution in [0.25, 0.3) is 5.52 Å². The lowest BCUT2D eigenvalue weighted by Crippen LogP contribution is -2.43. The monoisotopic (exact) mass is 299 g/mol. The van der Waals surface area contributed by atoms with Crippen LogP contribution in [0.5, 0.6) is 0 Å². The molecule has 5 nitrogen and oxygen atoms in total. The van der Waals surface area contributed by atoms with Gasteiger partial charge in [0.2, 0.25) is 0 Å². The molecule has 1 unspecified atom stereocenters. The van der Waals surface area contributed by atoms with Gasteiger partial charge in [0.1, 0.15) is 5.82 Å². The van der Waals surface area contributed by atoms with Crippen molar-refractivity contribution >= 4 is 11.2 Å². The van der Waals surface area contributed by atoms with Gasteiger partial charge in [-0.2, -0.15) is 0 Å². The molecular formula is C17H25N5. The van der Waals surface area contributed by atoms with E-state index >= 15 is 0 Å². The van der Waals surface area contributed by atoms with Crippen molar-refractivity contribution in [1.82, 2.24) is 19.6 Å². The molecule has 0 bridgehead atoms. The van der Waals surface area contributed by atoms with E-state index in [0.29, 0.717) is 6.04 Å². The number of rotatable bonds is 2. The third-order valence-corrected chi connectivity index (χ3v) is 5.09. The second kappa shape index (κ2) is 5.89. The fraction of sp³-hybridized carbons (Fsp3) is 0.588. The van der Waals surface area contributed by atoms with Gasteiger partial charge in [0, 0.05) is 38.1 Å². The maximum Gasteiger partial charge on any atom is 0.130 e. The molecule has 5 heteroatoms. The molecule has 118 valence electrons. The Morgan fingerprint density at radius 3 is 2.86 bits per heavy atom. The molecule has 4 rings (SSSR count). The summed E-state index contributed by atoms with van der Waals surface area (Å²) < 4.78 is 2.28. The van der Waals surface area contributed by atoms with Crippen molar-refractivity contribution < 1.29 is 0 Å². The minimum Gasteiger partial charge on any atom is -0.369 e. The molecule has 22 heavy (non-hydrogen) atoms. The maximum atomic E-state index is 4.75. The smallest absolute Gasteiger partial charge is 0.130 e. The Morgan fingerprint density at radius 1 is 1.18 bits per heavy atom. The lowest BCUT2D eigenvalue weighted by molar-refractivity contribution is 0.179. The van der Waals surface area contributed by atoms with Crippen LogP contribution in [0.3, 0.4) is 0 Å². The molecule has 2 aromatic rings. The summed E-state index contributed by atoms with van der Waals surface area (Å²) in [5.41, 5.74) is 2.53. The Kier molecular flexibility index (Phi) is 3.76. The van der Waals surface area contributed by atoms with Gasteiger partial charge in [-0.05, 0) is 38.6 Å². The number of aromatic nitrogens is 2. The van der Waals surface area contributed by atoms with Gasteiger partial charge in [-0.15, -0.1) is 0 Å². The van der Waals surface area contributed by atoms with Crippen molar-refractivity contribution in [3.63, 3.8) is 0 Å². The van der Waals surface area contributed by atoms with Gasteiger partial charge >= 0.3 is 0 Å². The summed E-state index contributed by atoms with van der Waals surface area (Å²) in [6.45, 7) is 5.49. The number of piperidine rings is 1. The largest absolute Gasteiger partial charge is 0.369 e. The van der Waals surface area contributed by atoms with E-state index in [1.807, 2.05) is 6.20 Å². The van der Waals surface area contributed by atoms with Gasteiger partial charge in [-0.25, -0.2) is 4.98 Å². The molecule has 0 spiro atoms. The number of nitrogens with zero attached hydrogens (tertiary/aromatic N) is 4. The van der Waals surface area contributed by atoms with Crippen LogP contribution in [0.4, 0.5) is 5.69 Å². The van der Waals surface area contributed by atoms with Crippen molar-refractivity contribution in [3.8, 4) is 0 Å². The number of hydrogen-bond donors (Lipinski definition) is 1. The van der Waals surface area contributed by atoms with Crippen molar-refractivity contribution in [2.24, 2.45) is 0 Å². The molecule has 2 aromatic heterocycles. The van der Waals surface area contributed by atoms with Gasteiger partial charge < -0.3 is 14.6 Å². The highest BCUT2D eigenvalue weighted by atomic mass is 15.2. The summed E-state index contributed by atoms with van der Waals surface area (Å²) in [5, 5.41) is 3.41. The summed E-state index contributed by atoms with van der Waals surface area (Å²) in [4.78, 5) is 9.65. The minimum absolute atomic E-state index is 0.460. The zero-order valence-corrected chi connectivity index (χ0v) is 13.3. The topological polar surface area (TPSA) is 35.8 Å². The van der Waals surface area contributed by atoms with Crippen LogP contribution in [-0.2, 0) is 0 Å². The fourth-order valence-electron chi connectivity index (χ4n) is 3.78. The number of pyridine rings is 1. The third-order valence-electron chi connectivity index (χ3n) is 5.09. The van der Waals surface area contributed by atoms with Crippen LogP contribution in [0.2, 0.25) is 0 Å². The number of hydrogen-bond acceptors (Lipinski definition) is 4. The fourth-order valence-corrected chi connectivity index (χ4v) is 3.78. The van der Waals surface area contributed by atoms with Crippen molar-refractivity contribution in [2.45, 2.75) is 25.3 Å². The first-order valence-corrected chi connectivity index (χ1v) is 8.46. The highest BCUT2D eigenvalue weighted by molar-refractivity contribution is 5.60. The third kappa shape index (κ3) is 2.48. The summed E-state index contributed by atoms with van der Waals surface area (Å²) in [6, 6.07) is 4.98. The number of anilines is 1. The van der Waals surface area contributed by atoms with E-state index in [4.69, 9.17) is 4.98 Å². The normalized spacial score (nSPS) is 24.0. The van der Waals surface area contributed by atoms with E-state index in [1.54, 1.807) is 0 Å². The lowest BCUT2D eigenvalue weighted by Gasteiger charge is -2.32. The number of piperazine rings is 1. The average Bonchev–Trinajstić information content (AvgIpc) is 2.99. The molecule has 4 heterocycles. The zero-order valence-electron chi connectivity index (χ0n) is 13.3. The molecule has 2 aliphatic rings. The van der Waals surface area contributed by atoms with Gasteiger partial charge in [-0.1, -0.05) is 6.42 Å². The molecule has 0 saturated carbocycles. The quantitative estimate of drug-likeness (QED) is 0.919.